The first-order chi connectivity index (χ1) is 21.6. The van der Waals surface area contributed by atoms with E-state index in [1.165, 1.54) is 5.56 Å². The summed E-state index contributed by atoms with van der Waals surface area (Å²) in [4.78, 5) is 27.3. The molecule has 3 aromatic rings. The second-order valence-electron chi connectivity index (χ2n) is 12.7. The van der Waals surface area contributed by atoms with Crippen molar-refractivity contribution in [3.05, 3.63) is 93.5 Å². The molecule has 1 fully saturated rings. The lowest BCUT2D eigenvalue weighted by atomic mass is 9.72. The molecule has 1 heterocycles. The minimum atomic E-state index is -1.35. The maximum absolute atomic E-state index is 14.2. The Bertz CT molecular complexity index is 1480. The van der Waals surface area contributed by atoms with E-state index in [9.17, 15) is 19.8 Å². The van der Waals surface area contributed by atoms with Crippen LogP contribution in [0.2, 0.25) is 5.02 Å². The van der Waals surface area contributed by atoms with Crippen LogP contribution in [0.15, 0.2) is 60.7 Å². The van der Waals surface area contributed by atoms with Gasteiger partial charge >= 0.3 is 6.09 Å². The second kappa shape index (κ2) is 15.7. The summed E-state index contributed by atoms with van der Waals surface area (Å²) in [6.07, 6.45) is 2.81. The van der Waals surface area contributed by atoms with E-state index in [1.54, 1.807) is 0 Å². The number of likely N-dealkylation sites (tertiary alicyclic amines) is 1. The topological polar surface area (TPSA) is 102 Å². The summed E-state index contributed by atoms with van der Waals surface area (Å²) in [5, 5.41) is 28.2. The zero-order valence-corrected chi connectivity index (χ0v) is 27.8. The molecule has 2 amide bonds. The van der Waals surface area contributed by atoms with E-state index in [1.807, 2.05) is 54.4 Å². The largest absolute Gasteiger partial charge is 0.465 e. The number of hydrogen-bond donors (Lipinski definition) is 4. The lowest BCUT2D eigenvalue weighted by Gasteiger charge is -2.44. The van der Waals surface area contributed by atoms with Gasteiger partial charge in [0.1, 0.15) is 0 Å². The number of benzene rings is 3. The Morgan fingerprint density at radius 2 is 1.87 bits per heavy atom. The predicted molar refractivity (Wildman–Crippen MR) is 182 cm³/mol. The van der Waals surface area contributed by atoms with Gasteiger partial charge in [-0.15, -0.1) is 0 Å². The van der Waals surface area contributed by atoms with Crippen LogP contribution in [0.1, 0.15) is 79.1 Å². The molecular formula is C37H48ClN3O4. The lowest BCUT2D eigenvalue weighted by molar-refractivity contribution is -0.0563. The van der Waals surface area contributed by atoms with Gasteiger partial charge in [0.25, 0.3) is 5.91 Å². The molecular weight excluding hydrogens is 586 g/mol. The molecule has 45 heavy (non-hydrogen) atoms. The van der Waals surface area contributed by atoms with Crippen molar-refractivity contribution in [3.63, 3.8) is 0 Å². The molecule has 0 aliphatic carbocycles. The van der Waals surface area contributed by atoms with Gasteiger partial charge in [-0.25, -0.2) is 4.79 Å². The number of aryl methyl sites for hydroxylation is 1. The Morgan fingerprint density at radius 3 is 2.58 bits per heavy atom. The van der Waals surface area contributed by atoms with E-state index in [4.69, 9.17) is 11.6 Å². The molecule has 0 saturated carbocycles. The number of rotatable bonds is 13. The van der Waals surface area contributed by atoms with E-state index in [0.29, 0.717) is 36.9 Å². The third kappa shape index (κ3) is 8.46. The molecule has 2 atom stereocenters. The van der Waals surface area contributed by atoms with Crippen molar-refractivity contribution in [2.24, 2.45) is 11.8 Å². The molecule has 0 radical (unpaired) electrons. The number of carbonyl (C=O) groups is 2. The van der Waals surface area contributed by atoms with Crippen molar-refractivity contribution in [2.45, 2.75) is 71.4 Å². The van der Waals surface area contributed by atoms with Crippen molar-refractivity contribution < 1.29 is 19.8 Å². The zero-order valence-electron chi connectivity index (χ0n) is 27.0. The average molecular weight is 634 g/mol. The zero-order chi connectivity index (χ0) is 32.6. The number of carboxylic acid groups (broad SMARTS) is 1. The molecule has 1 saturated heterocycles. The van der Waals surface area contributed by atoms with E-state index < -0.39 is 11.7 Å². The third-order valence-corrected chi connectivity index (χ3v) is 9.22. The molecule has 0 unspecified atom stereocenters. The Hall–Kier alpha value is -3.39. The van der Waals surface area contributed by atoms with Gasteiger partial charge in [0.05, 0.1) is 5.60 Å². The van der Waals surface area contributed by atoms with Crippen molar-refractivity contribution in [1.82, 2.24) is 15.5 Å². The molecule has 0 bridgehead atoms. The SMILES string of the molecule is CCc1cccc(-c2c(Cl)cccc2[C@](O)(CCCNC(=O)O)[C@@H]2CCCN(C(=O)c3ccc(CNC)cc3CC(C)C)C2)c1. The van der Waals surface area contributed by atoms with Crippen molar-refractivity contribution in [1.29, 1.82) is 0 Å². The van der Waals surface area contributed by atoms with E-state index in [0.717, 1.165) is 65.6 Å². The highest BCUT2D eigenvalue weighted by molar-refractivity contribution is 6.33. The highest BCUT2D eigenvalue weighted by atomic mass is 35.5. The summed E-state index contributed by atoms with van der Waals surface area (Å²) in [7, 11) is 1.92. The Balaban J connectivity index is 1.73. The van der Waals surface area contributed by atoms with Gasteiger partial charge in [-0.3, -0.25) is 4.79 Å². The third-order valence-electron chi connectivity index (χ3n) is 8.91. The maximum atomic E-state index is 14.2. The number of amides is 2. The first kappa shape index (κ1) is 34.5. The maximum Gasteiger partial charge on any atom is 0.404 e. The minimum absolute atomic E-state index is 0.0109. The molecule has 1 aliphatic heterocycles. The van der Waals surface area contributed by atoms with Crippen molar-refractivity contribution in [2.75, 3.05) is 26.7 Å². The van der Waals surface area contributed by atoms with Gasteiger partial charge in [0, 0.05) is 48.2 Å². The van der Waals surface area contributed by atoms with Crippen LogP contribution in [0.3, 0.4) is 0 Å². The first-order valence-electron chi connectivity index (χ1n) is 16.2. The standard InChI is InChI=1S/C37H48ClN3O4/c1-5-26-10-6-11-28(21-26)34-32(13-7-14-33(34)38)37(45,17-9-18-40-36(43)44)30-12-8-19-41(24-30)35(42)31-16-15-27(23-39-4)22-29(31)20-25(2)3/h6-7,10-11,13-16,21-22,25,30,39-40,45H,5,8-9,12,17-20,23-24H2,1-4H3,(H,43,44)/t30-,37+/m1/s1. The smallest absolute Gasteiger partial charge is 0.404 e. The number of nitrogens with zero attached hydrogens (tertiary/aromatic N) is 1. The number of halogens is 1. The molecule has 1 aliphatic rings. The van der Waals surface area contributed by atoms with Crippen LogP contribution in [0.25, 0.3) is 11.1 Å². The second-order valence-corrected chi connectivity index (χ2v) is 13.1. The van der Waals surface area contributed by atoms with Crippen LogP contribution in [-0.2, 0) is 25.0 Å². The Morgan fingerprint density at radius 1 is 1.09 bits per heavy atom. The molecule has 0 aromatic heterocycles. The van der Waals surface area contributed by atoms with Gasteiger partial charge in [0.15, 0.2) is 0 Å². The summed E-state index contributed by atoms with van der Waals surface area (Å²) >= 11 is 6.89. The highest BCUT2D eigenvalue weighted by Crippen LogP contribution is 2.46. The fraction of sp³-hybridized carbons (Fsp3) is 0.459. The van der Waals surface area contributed by atoms with E-state index in [-0.39, 0.29) is 18.4 Å². The van der Waals surface area contributed by atoms with Gasteiger partial charge in [0.2, 0.25) is 0 Å². The van der Waals surface area contributed by atoms with Gasteiger partial charge in [-0.2, -0.15) is 0 Å². The van der Waals surface area contributed by atoms with Crippen molar-refractivity contribution in [3.8, 4) is 11.1 Å². The van der Waals surface area contributed by atoms with Crippen LogP contribution in [0, 0.1) is 11.8 Å². The van der Waals surface area contributed by atoms with Crippen LogP contribution in [0.5, 0.6) is 0 Å². The molecule has 4 rings (SSSR count). The van der Waals surface area contributed by atoms with Crippen LogP contribution in [0.4, 0.5) is 4.79 Å². The summed E-state index contributed by atoms with van der Waals surface area (Å²) in [5.41, 5.74) is 5.16. The van der Waals surface area contributed by atoms with Crippen LogP contribution >= 0.6 is 11.6 Å². The quantitative estimate of drug-likeness (QED) is 0.148. The Kier molecular flexibility index (Phi) is 12.1. The normalized spacial score (nSPS) is 16.4. The van der Waals surface area contributed by atoms with Gasteiger partial charge < -0.3 is 25.7 Å². The van der Waals surface area contributed by atoms with Gasteiger partial charge in [-0.1, -0.05) is 80.9 Å². The number of hydrogen-bond acceptors (Lipinski definition) is 4. The summed E-state index contributed by atoms with van der Waals surface area (Å²) in [6.45, 7) is 8.38. The summed E-state index contributed by atoms with van der Waals surface area (Å²) < 4.78 is 0. The number of piperidine rings is 1. The highest BCUT2D eigenvalue weighted by Gasteiger charge is 2.43. The fourth-order valence-electron chi connectivity index (χ4n) is 6.74. The van der Waals surface area contributed by atoms with E-state index >= 15 is 0 Å². The molecule has 4 N–H and O–H groups in total. The lowest BCUT2D eigenvalue weighted by Crippen LogP contribution is -2.48. The summed E-state index contributed by atoms with van der Waals surface area (Å²) in [6, 6.07) is 20.0. The van der Waals surface area contributed by atoms with Crippen LogP contribution < -0.4 is 10.6 Å². The number of nitrogens with one attached hydrogen (secondary N) is 2. The van der Waals surface area contributed by atoms with Gasteiger partial charge in [-0.05, 0) is 91.4 Å². The monoisotopic (exact) mass is 633 g/mol. The molecule has 3 aromatic carbocycles. The molecule has 242 valence electrons. The molecule has 0 spiro atoms. The van der Waals surface area contributed by atoms with E-state index in [2.05, 4.69) is 49.6 Å². The number of carbonyl (C=O) groups excluding carboxylic acids is 1. The Labute approximate surface area is 273 Å². The average Bonchev–Trinajstić information content (AvgIpc) is 3.02. The molecule has 7 nitrogen and oxygen atoms in total. The summed E-state index contributed by atoms with van der Waals surface area (Å²) in [5.74, 6) is 0.111. The predicted octanol–water partition coefficient (Wildman–Crippen LogP) is 7.28. The number of aliphatic hydroxyl groups is 1. The fourth-order valence-corrected chi connectivity index (χ4v) is 7.02. The minimum Gasteiger partial charge on any atom is -0.465 e. The first-order valence-corrected chi connectivity index (χ1v) is 16.6. The van der Waals surface area contributed by atoms with Crippen LogP contribution in [-0.4, -0.2) is 53.8 Å². The molecule has 8 heteroatoms. The van der Waals surface area contributed by atoms with Crippen molar-refractivity contribution >= 4 is 23.6 Å².